The maximum absolute atomic E-state index is 12.3. The molecule has 4 nitrogen and oxygen atoms in total. The molecule has 0 aliphatic carbocycles. The lowest BCUT2D eigenvalue weighted by molar-refractivity contribution is 0.428. The lowest BCUT2D eigenvalue weighted by Crippen LogP contribution is -2.45. The van der Waals surface area contributed by atoms with Crippen LogP contribution in [-0.2, 0) is 10.0 Å². The molecule has 1 heterocycles. The highest BCUT2D eigenvalue weighted by Gasteiger charge is 2.23. The highest BCUT2D eigenvalue weighted by atomic mass is 79.9. The zero-order valence-corrected chi connectivity index (χ0v) is 12.6. The molecule has 0 bridgehead atoms. The van der Waals surface area contributed by atoms with E-state index in [4.69, 9.17) is 0 Å². The number of hydrogen-bond acceptors (Lipinski definition) is 3. The Kier molecular flexibility index (Phi) is 4.42. The van der Waals surface area contributed by atoms with Crippen molar-refractivity contribution in [3.8, 4) is 0 Å². The van der Waals surface area contributed by atoms with Crippen LogP contribution in [0.4, 0.5) is 0 Å². The molecule has 0 radical (unpaired) electrons. The first-order chi connectivity index (χ1) is 8.49. The molecule has 0 amide bonds. The van der Waals surface area contributed by atoms with E-state index in [0.29, 0.717) is 15.9 Å². The van der Waals surface area contributed by atoms with Crippen molar-refractivity contribution in [1.82, 2.24) is 10.0 Å². The summed E-state index contributed by atoms with van der Waals surface area (Å²) < 4.78 is 28.0. The second kappa shape index (κ2) is 5.69. The number of benzene rings is 1. The number of piperidine rings is 1. The second-order valence-electron chi connectivity index (χ2n) is 4.60. The summed E-state index contributed by atoms with van der Waals surface area (Å²) in [6, 6.07) is 5.31. The molecule has 18 heavy (non-hydrogen) atoms. The maximum atomic E-state index is 12.3. The van der Waals surface area contributed by atoms with E-state index in [1.807, 2.05) is 13.0 Å². The molecule has 0 saturated carbocycles. The van der Waals surface area contributed by atoms with Crippen molar-refractivity contribution in [3.05, 3.63) is 28.2 Å². The highest BCUT2D eigenvalue weighted by Crippen LogP contribution is 2.23. The van der Waals surface area contributed by atoms with Gasteiger partial charge in [0.1, 0.15) is 0 Å². The van der Waals surface area contributed by atoms with Crippen LogP contribution >= 0.6 is 15.9 Å². The Morgan fingerprint density at radius 3 is 2.89 bits per heavy atom. The predicted molar refractivity (Wildman–Crippen MR) is 75.1 cm³/mol. The molecule has 6 heteroatoms. The molecule has 1 aliphatic rings. The normalized spacial score (nSPS) is 20.9. The molecule has 2 rings (SSSR count). The van der Waals surface area contributed by atoms with E-state index < -0.39 is 10.0 Å². The minimum atomic E-state index is -3.45. The van der Waals surface area contributed by atoms with Crippen molar-refractivity contribution in [2.24, 2.45) is 0 Å². The van der Waals surface area contributed by atoms with Crippen molar-refractivity contribution >= 4 is 26.0 Å². The molecule has 100 valence electrons. The summed E-state index contributed by atoms with van der Waals surface area (Å²) in [6.45, 7) is 3.54. The van der Waals surface area contributed by atoms with Gasteiger partial charge >= 0.3 is 0 Å². The summed E-state index contributed by atoms with van der Waals surface area (Å²) in [5.41, 5.74) is 0.931. The van der Waals surface area contributed by atoms with E-state index in [0.717, 1.165) is 24.9 Å². The summed E-state index contributed by atoms with van der Waals surface area (Å²) in [5, 5.41) is 3.20. The van der Waals surface area contributed by atoms with Gasteiger partial charge < -0.3 is 5.32 Å². The second-order valence-corrected chi connectivity index (χ2v) is 7.14. The van der Waals surface area contributed by atoms with Crippen molar-refractivity contribution in [2.45, 2.75) is 30.7 Å². The Morgan fingerprint density at radius 1 is 1.44 bits per heavy atom. The van der Waals surface area contributed by atoms with Gasteiger partial charge in [0.05, 0.1) is 4.90 Å². The van der Waals surface area contributed by atoms with Gasteiger partial charge in [-0.2, -0.15) is 0 Å². The summed E-state index contributed by atoms with van der Waals surface area (Å²) >= 11 is 3.30. The Morgan fingerprint density at radius 2 is 2.22 bits per heavy atom. The number of rotatable bonds is 3. The van der Waals surface area contributed by atoms with Crippen LogP contribution in [0.1, 0.15) is 18.4 Å². The van der Waals surface area contributed by atoms with E-state index in [1.165, 1.54) is 0 Å². The van der Waals surface area contributed by atoms with Crippen molar-refractivity contribution in [2.75, 3.05) is 13.1 Å². The monoisotopic (exact) mass is 332 g/mol. The molecular formula is C12H17BrN2O2S. The zero-order valence-electron chi connectivity index (χ0n) is 10.2. The Labute approximate surface area is 116 Å². The Hall–Kier alpha value is -0.430. The highest BCUT2D eigenvalue weighted by molar-refractivity contribution is 9.10. The smallest absolute Gasteiger partial charge is 0.241 e. The summed E-state index contributed by atoms with van der Waals surface area (Å²) in [6.07, 6.45) is 1.89. The molecule has 1 fully saturated rings. The molecule has 1 saturated heterocycles. The van der Waals surface area contributed by atoms with Crippen LogP contribution in [-0.4, -0.2) is 27.5 Å². The predicted octanol–water partition coefficient (Wildman–Crippen LogP) is 1.79. The average molecular weight is 333 g/mol. The largest absolute Gasteiger partial charge is 0.315 e. The maximum Gasteiger partial charge on any atom is 0.241 e. The van der Waals surface area contributed by atoms with Crippen LogP contribution in [0.2, 0.25) is 0 Å². The zero-order chi connectivity index (χ0) is 13.2. The lowest BCUT2D eigenvalue weighted by Gasteiger charge is -2.23. The third kappa shape index (κ3) is 3.32. The number of sulfonamides is 1. The first-order valence-electron chi connectivity index (χ1n) is 5.98. The van der Waals surface area contributed by atoms with Gasteiger partial charge in [-0.05, 0) is 59.9 Å². The molecule has 1 aromatic rings. The van der Waals surface area contributed by atoms with Gasteiger partial charge in [-0.25, -0.2) is 13.1 Å². The molecule has 1 aliphatic heterocycles. The fraction of sp³-hybridized carbons (Fsp3) is 0.500. The first-order valence-corrected chi connectivity index (χ1v) is 8.26. The standard InChI is InChI=1S/C12H17BrN2O2S/c1-9-4-5-11(13)12(7-9)18(16,17)15-10-3-2-6-14-8-10/h4-5,7,10,14-15H,2-3,6,8H2,1H3/t10-/m0/s1. The molecule has 0 unspecified atom stereocenters. The van der Waals surface area contributed by atoms with Crippen LogP contribution in [0.15, 0.2) is 27.6 Å². The summed E-state index contributed by atoms with van der Waals surface area (Å²) in [7, 11) is -3.45. The number of aryl methyl sites for hydroxylation is 1. The van der Waals surface area contributed by atoms with Crippen molar-refractivity contribution in [1.29, 1.82) is 0 Å². The van der Waals surface area contributed by atoms with Gasteiger partial charge in [0.15, 0.2) is 0 Å². The third-order valence-electron chi connectivity index (χ3n) is 2.99. The van der Waals surface area contributed by atoms with E-state index in [2.05, 4.69) is 26.0 Å². The van der Waals surface area contributed by atoms with Crippen molar-refractivity contribution < 1.29 is 8.42 Å². The van der Waals surface area contributed by atoms with Gasteiger partial charge in [0.25, 0.3) is 0 Å². The fourth-order valence-electron chi connectivity index (χ4n) is 2.05. The summed E-state index contributed by atoms with van der Waals surface area (Å²) in [5.74, 6) is 0. The molecule has 0 spiro atoms. The molecule has 1 aromatic carbocycles. The quantitative estimate of drug-likeness (QED) is 0.887. The fourth-order valence-corrected chi connectivity index (χ4v) is 4.37. The lowest BCUT2D eigenvalue weighted by atomic mass is 10.1. The number of hydrogen-bond donors (Lipinski definition) is 2. The Balaban J connectivity index is 2.21. The first kappa shape index (κ1) is 14.0. The number of halogens is 1. The third-order valence-corrected chi connectivity index (χ3v) is 5.51. The van der Waals surface area contributed by atoms with Crippen LogP contribution in [0.3, 0.4) is 0 Å². The van der Waals surface area contributed by atoms with Crippen LogP contribution in [0.25, 0.3) is 0 Å². The minimum Gasteiger partial charge on any atom is -0.315 e. The molecular weight excluding hydrogens is 316 g/mol. The van der Waals surface area contributed by atoms with Crippen LogP contribution in [0, 0.1) is 6.92 Å². The number of nitrogens with one attached hydrogen (secondary N) is 2. The summed E-state index contributed by atoms with van der Waals surface area (Å²) in [4.78, 5) is 0.313. The minimum absolute atomic E-state index is 0.0174. The SMILES string of the molecule is Cc1ccc(Br)c(S(=O)(=O)N[C@H]2CCCNC2)c1. The van der Waals surface area contributed by atoms with Gasteiger partial charge in [-0.15, -0.1) is 0 Å². The molecule has 1 atom stereocenters. The van der Waals surface area contributed by atoms with Gasteiger partial charge in [0.2, 0.25) is 10.0 Å². The van der Waals surface area contributed by atoms with Crippen LogP contribution < -0.4 is 10.0 Å². The Bertz CT molecular complexity index is 525. The molecule has 0 aromatic heterocycles. The van der Waals surface area contributed by atoms with Gasteiger partial charge in [-0.3, -0.25) is 0 Å². The van der Waals surface area contributed by atoms with E-state index in [1.54, 1.807) is 12.1 Å². The molecule has 2 N–H and O–H groups in total. The average Bonchev–Trinajstić information content (AvgIpc) is 2.33. The van der Waals surface area contributed by atoms with E-state index in [-0.39, 0.29) is 6.04 Å². The van der Waals surface area contributed by atoms with E-state index >= 15 is 0 Å². The van der Waals surface area contributed by atoms with Crippen molar-refractivity contribution in [3.63, 3.8) is 0 Å². The van der Waals surface area contributed by atoms with Gasteiger partial charge in [-0.1, -0.05) is 6.07 Å². The van der Waals surface area contributed by atoms with E-state index in [9.17, 15) is 8.42 Å². The van der Waals surface area contributed by atoms with Crippen LogP contribution in [0.5, 0.6) is 0 Å². The topological polar surface area (TPSA) is 58.2 Å². The van der Waals surface area contributed by atoms with Gasteiger partial charge in [0, 0.05) is 17.1 Å².